The zero-order valence-electron chi connectivity index (χ0n) is 47.5. The highest BCUT2D eigenvalue weighted by molar-refractivity contribution is 7.33. The Bertz CT molecular complexity index is 3400. The molecule has 5 heterocycles. The Morgan fingerprint density at radius 3 is 1.50 bits per heavy atom. The molecule has 6 aromatic carbocycles. The van der Waals surface area contributed by atoms with Crippen molar-refractivity contribution in [1.82, 2.24) is 0 Å². The van der Waals surface area contributed by atoms with E-state index in [-0.39, 0.29) is 44.7 Å². The van der Waals surface area contributed by atoms with E-state index in [9.17, 15) is 0 Å². The summed E-state index contributed by atoms with van der Waals surface area (Å²) in [7, 11) is 0. The average molecular weight is 996 g/mol. The highest BCUT2D eigenvalue weighted by atomic mass is 32.1. The van der Waals surface area contributed by atoms with Gasteiger partial charge in [0.1, 0.15) is 11.2 Å². The summed E-state index contributed by atoms with van der Waals surface area (Å²) >= 11 is 1.95. The van der Waals surface area contributed by atoms with E-state index in [2.05, 4.69) is 248 Å². The first-order chi connectivity index (χ1) is 34.6. The molecular formula is C68H78BN3OS. The molecule has 3 aliphatic heterocycles. The molecule has 1 saturated carbocycles. The molecule has 0 spiro atoms. The zero-order valence-corrected chi connectivity index (χ0v) is 48.4. The first-order valence-electron chi connectivity index (χ1n) is 27.7. The third kappa shape index (κ3) is 7.26. The van der Waals surface area contributed by atoms with Gasteiger partial charge in [-0.3, -0.25) is 0 Å². The molecule has 0 N–H and O–H groups in total. The smallest absolute Gasteiger partial charge is 0.309 e. The zero-order chi connectivity index (χ0) is 52.6. The quantitative estimate of drug-likeness (QED) is 0.165. The molecule has 380 valence electrons. The maximum atomic E-state index is 7.51. The Labute approximate surface area is 447 Å². The van der Waals surface area contributed by atoms with Crippen LogP contribution in [0.4, 0.5) is 45.5 Å². The summed E-state index contributed by atoms with van der Waals surface area (Å²) in [4.78, 5) is 8.10. The van der Waals surface area contributed by atoms with Gasteiger partial charge in [0.05, 0.1) is 16.9 Å². The molecule has 8 aromatic rings. The first kappa shape index (κ1) is 49.2. The maximum absolute atomic E-state index is 7.51. The fourth-order valence-electron chi connectivity index (χ4n) is 13.4. The van der Waals surface area contributed by atoms with Crippen molar-refractivity contribution < 1.29 is 4.42 Å². The lowest BCUT2D eigenvalue weighted by Gasteiger charge is -2.51. The predicted molar refractivity (Wildman–Crippen MR) is 322 cm³/mol. The van der Waals surface area contributed by atoms with E-state index < -0.39 is 0 Å². The van der Waals surface area contributed by atoms with Gasteiger partial charge in [0.25, 0.3) is 0 Å². The number of fused-ring (bicyclic) bond motifs is 11. The van der Waals surface area contributed by atoms with Crippen LogP contribution in [-0.4, -0.2) is 12.3 Å². The normalized spacial score (nSPS) is 19.7. The van der Waals surface area contributed by atoms with Gasteiger partial charge in [0, 0.05) is 59.8 Å². The fraction of sp³-hybridized carbons (Fsp3) is 0.412. The predicted octanol–water partition coefficient (Wildman–Crippen LogP) is 18.0. The van der Waals surface area contributed by atoms with Crippen LogP contribution in [0.15, 0.2) is 120 Å². The summed E-state index contributed by atoms with van der Waals surface area (Å²) < 4.78 is 10.1. The number of hydrogen-bond acceptors (Lipinski definition) is 5. The summed E-state index contributed by atoms with van der Waals surface area (Å²) in [6.07, 6.45) is 4.74. The van der Waals surface area contributed by atoms with Crippen LogP contribution in [0, 0.1) is 0 Å². The standard InChI is InChI=1S/C68H78BN3OS/c1-62(2,3)41-20-27-46(28-21-41)70-53-39-48(72-52-31-24-45(66(13,14)15)38-51(52)67(16)34-18-19-35-68(67,72)17)40-54-57(53)69(60-58(70)49-36-43(64(7,8)9)25-32-55(49)73-60)61-59(50-37-44(65(10,11)12)26-33-56(50)74-61)71(54)47-29-22-42(23-30-47)63(4,5)6/h20-33,36-40H,18-19,34-35H2,1-17H3. The van der Waals surface area contributed by atoms with Gasteiger partial charge in [-0.05, 0) is 152 Å². The molecule has 74 heavy (non-hydrogen) atoms. The van der Waals surface area contributed by atoms with Gasteiger partial charge >= 0.3 is 6.71 Å². The van der Waals surface area contributed by atoms with Crippen molar-refractivity contribution in [3.05, 3.63) is 149 Å². The van der Waals surface area contributed by atoms with E-state index in [1.165, 1.54) is 107 Å². The van der Waals surface area contributed by atoms with Crippen molar-refractivity contribution >= 4 is 101 Å². The monoisotopic (exact) mass is 996 g/mol. The number of hydrogen-bond donors (Lipinski definition) is 0. The fourth-order valence-corrected chi connectivity index (χ4v) is 14.7. The minimum atomic E-state index is -0.164. The van der Waals surface area contributed by atoms with Gasteiger partial charge in [-0.1, -0.05) is 172 Å². The number of thiophene rings is 1. The van der Waals surface area contributed by atoms with E-state index in [0.717, 1.165) is 34.4 Å². The Morgan fingerprint density at radius 1 is 0.473 bits per heavy atom. The number of furan rings is 1. The highest BCUT2D eigenvalue weighted by Gasteiger charge is 2.59. The van der Waals surface area contributed by atoms with E-state index >= 15 is 0 Å². The number of rotatable bonds is 3. The van der Waals surface area contributed by atoms with E-state index in [0.29, 0.717) is 0 Å². The molecular weight excluding hydrogens is 918 g/mol. The van der Waals surface area contributed by atoms with Crippen molar-refractivity contribution in [2.75, 3.05) is 14.7 Å². The SMILES string of the molecule is CC(C)(C)c1ccc(N2c3cc(N4c5ccc(C(C)(C)C)cc5C5(C)CCCCC45C)cc4c3B(c3oc5ccc(C(C)(C)C)cc5c32)c2sc3ccc(C(C)(C)C)cc3c2N4c2ccc(C(C)(C)C)cc2)cc1. The molecule has 0 radical (unpaired) electrons. The van der Waals surface area contributed by atoms with Gasteiger partial charge in [0.2, 0.25) is 0 Å². The highest BCUT2D eigenvalue weighted by Crippen LogP contribution is 2.63. The van der Waals surface area contributed by atoms with Crippen LogP contribution in [0.1, 0.15) is 177 Å². The minimum Gasteiger partial charge on any atom is -0.468 e. The number of anilines is 8. The lowest BCUT2D eigenvalue weighted by molar-refractivity contribution is 0.195. The van der Waals surface area contributed by atoms with Crippen LogP contribution in [-0.2, 0) is 32.5 Å². The van der Waals surface area contributed by atoms with E-state index in [1.54, 1.807) is 0 Å². The van der Waals surface area contributed by atoms with Crippen LogP contribution < -0.4 is 30.6 Å². The van der Waals surface area contributed by atoms with Gasteiger partial charge < -0.3 is 19.1 Å². The second kappa shape index (κ2) is 15.9. The molecule has 6 heteroatoms. The van der Waals surface area contributed by atoms with Crippen molar-refractivity contribution in [3.63, 3.8) is 0 Å². The van der Waals surface area contributed by atoms with Gasteiger partial charge in [-0.15, -0.1) is 11.3 Å². The molecule has 1 fully saturated rings. The third-order valence-corrected chi connectivity index (χ3v) is 19.4. The van der Waals surface area contributed by atoms with Crippen molar-refractivity contribution in [3.8, 4) is 0 Å². The Balaban J connectivity index is 1.24. The molecule has 12 rings (SSSR count). The maximum Gasteiger partial charge on any atom is 0.309 e. The summed E-state index contributed by atoms with van der Waals surface area (Å²) in [5, 5.41) is 2.46. The van der Waals surface area contributed by atoms with Crippen molar-refractivity contribution in [2.45, 2.75) is 181 Å². The van der Waals surface area contributed by atoms with Crippen LogP contribution >= 0.6 is 11.3 Å². The Morgan fingerprint density at radius 2 is 0.946 bits per heavy atom. The second-order valence-electron chi connectivity index (χ2n) is 28.3. The second-order valence-corrected chi connectivity index (χ2v) is 29.4. The first-order valence-corrected chi connectivity index (χ1v) is 28.5. The summed E-state index contributed by atoms with van der Waals surface area (Å²) in [6, 6.07) is 46.0. The molecule has 0 bridgehead atoms. The minimum absolute atomic E-state index is 0.00523. The van der Waals surface area contributed by atoms with Gasteiger partial charge in [0.15, 0.2) is 0 Å². The molecule has 2 atom stereocenters. The summed E-state index contributed by atoms with van der Waals surface area (Å²) in [6.45, 7) is 40.1. The molecule has 2 unspecified atom stereocenters. The van der Waals surface area contributed by atoms with Crippen molar-refractivity contribution in [2.24, 2.45) is 0 Å². The molecule has 2 aromatic heterocycles. The van der Waals surface area contributed by atoms with Crippen molar-refractivity contribution in [1.29, 1.82) is 0 Å². The lowest BCUT2D eigenvalue weighted by atomic mass is 9.38. The van der Waals surface area contributed by atoms with Crippen LogP contribution in [0.5, 0.6) is 0 Å². The number of nitrogens with zero attached hydrogens (tertiary/aromatic N) is 3. The van der Waals surface area contributed by atoms with E-state index in [1.807, 2.05) is 11.3 Å². The largest absolute Gasteiger partial charge is 0.468 e. The lowest BCUT2D eigenvalue weighted by Crippen LogP contribution is -2.60. The number of benzene rings is 6. The summed E-state index contributed by atoms with van der Waals surface area (Å²) in [5.41, 5.74) is 21.0. The third-order valence-electron chi connectivity index (χ3n) is 18.2. The van der Waals surface area contributed by atoms with Crippen LogP contribution in [0.25, 0.3) is 21.1 Å². The summed E-state index contributed by atoms with van der Waals surface area (Å²) in [5.74, 6) is 0. The van der Waals surface area contributed by atoms with Gasteiger partial charge in [-0.25, -0.2) is 0 Å². The van der Waals surface area contributed by atoms with Crippen LogP contribution in [0.3, 0.4) is 0 Å². The van der Waals surface area contributed by atoms with E-state index in [4.69, 9.17) is 4.42 Å². The molecule has 0 saturated heterocycles. The Hall–Kier alpha value is -5.72. The molecule has 4 aliphatic rings. The average Bonchev–Trinajstić information content (AvgIpc) is 4.02. The van der Waals surface area contributed by atoms with Crippen LogP contribution in [0.2, 0.25) is 0 Å². The molecule has 4 nitrogen and oxygen atoms in total. The molecule has 0 amide bonds. The van der Waals surface area contributed by atoms with Gasteiger partial charge in [-0.2, -0.15) is 0 Å². The topological polar surface area (TPSA) is 22.9 Å². The molecule has 1 aliphatic carbocycles. The Kier molecular flexibility index (Phi) is 10.6.